The highest BCUT2D eigenvalue weighted by molar-refractivity contribution is 5.93. The molecule has 0 aromatic rings. The molecule has 5 nitrogen and oxygen atoms in total. The van der Waals surface area contributed by atoms with Crippen molar-refractivity contribution in [1.29, 1.82) is 5.26 Å². The summed E-state index contributed by atoms with van der Waals surface area (Å²) in [6.07, 6.45) is 3.67. The number of nitrogens with zero attached hydrogens (tertiary/aromatic N) is 2. The van der Waals surface area contributed by atoms with Gasteiger partial charge in [0.25, 0.3) is 0 Å². The van der Waals surface area contributed by atoms with Gasteiger partial charge in [-0.1, -0.05) is 19.8 Å². The molecule has 0 aliphatic carbocycles. The molecule has 15 heavy (non-hydrogen) atoms. The summed E-state index contributed by atoms with van der Waals surface area (Å²) in [4.78, 5) is 24.6. The number of rotatable bonds is 6. The lowest BCUT2D eigenvalue weighted by Gasteiger charge is -2.01. The molecule has 0 spiro atoms. The van der Waals surface area contributed by atoms with Gasteiger partial charge in [-0.25, -0.2) is 4.79 Å². The second-order valence-electron chi connectivity index (χ2n) is 3.18. The van der Waals surface area contributed by atoms with Crippen LogP contribution < -0.4 is 0 Å². The van der Waals surface area contributed by atoms with E-state index in [1.165, 1.54) is 0 Å². The lowest BCUT2D eigenvalue weighted by Crippen LogP contribution is -2.04. The van der Waals surface area contributed by atoms with E-state index in [2.05, 4.69) is 11.8 Å². The van der Waals surface area contributed by atoms with Gasteiger partial charge >= 0.3 is 5.97 Å². The summed E-state index contributed by atoms with van der Waals surface area (Å²) in [5.74, 6) is -0.971. The molecule has 0 rings (SSSR count). The molecule has 0 saturated carbocycles. The van der Waals surface area contributed by atoms with E-state index in [-0.39, 0.29) is 5.57 Å². The van der Waals surface area contributed by atoms with Crippen molar-refractivity contribution in [3.8, 4) is 6.07 Å². The summed E-state index contributed by atoms with van der Waals surface area (Å²) in [7, 11) is 0. The van der Waals surface area contributed by atoms with Crippen molar-refractivity contribution in [3.63, 3.8) is 0 Å². The molecule has 0 aromatic heterocycles. The van der Waals surface area contributed by atoms with Crippen LogP contribution in [-0.4, -0.2) is 5.97 Å². The van der Waals surface area contributed by atoms with Crippen LogP contribution in [0.3, 0.4) is 0 Å². The third-order valence-corrected chi connectivity index (χ3v) is 2.02. The summed E-state index contributed by atoms with van der Waals surface area (Å²) in [6, 6.07) is 1.72. The Morgan fingerprint density at radius 3 is 2.60 bits per heavy atom. The van der Waals surface area contributed by atoms with Crippen molar-refractivity contribution < 1.29 is 9.63 Å². The Balaban J connectivity index is 4.46. The Hall–Kier alpha value is -1.70. The van der Waals surface area contributed by atoms with Gasteiger partial charge in [-0.3, -0.25) is 4.84 Å². The summed E-state index contributed by atoms with van der Waals surface area (Å²) in [5, 5.41) is 10.7. The standard InChI is InChI=1S/C10H14N2O3/c1-3-4-5-6-8(2)9(7-11)10(13)15-12-14/h3-6H2,1-2H3/b9-8-. The summed E-state index contributed by atoms with van der Waals surface area (Å²) in [6.45, 7) is 3.75. The first-order valence-corrected chi connectivity index (χ1v) is 4.81. The van der Waals surface area contributed by atoms with Crippen molar-refractivity contribution in [2.75, 3.05) is 0 Å². The van der Waals surface area contributed by atoms with Gasteiger partial charge in [0.2, 0.25) is 0 Å². The number of carbonyl (C=O) groups excluding carboxylic acids is 1. The lowest BCUT2D eigenvalue weighted by molar-refractivity contribution is -0.138. The molecule has 0 unspecified atom stereocenters. The Morgan fingerprint density at radius 2 is 2.13 bits per heavy atom. The number of allylic oxidation sites excluding steroid dienone is 1. The van der Waals surface area contributed by atoms with E-state index < -0.39 is 5.97 Å². The van der Waals surface area contributed by atoms with E-state index in [9.17, 15) is 9.70 Å². The van der Waals surface area contributed by atoms with Crippen molar-refractivity contribution >= 4 is 5.97 Å². The van der Waals surface area contributed by atoms with Crippen molar-refractivity contribution in [3.05, 3.63) is 16.1 Å². The molecule has 0 atom stereocenters. The minimum absolute atomic E-state index is 0.120. The largest absolute Gasteiger partial charge is 0.379 e. The summed E-state index contributed by atoms with van der Waals surface area (Å²) in [5.41, 5.74) is 0.519. The first-order valence-electron chi connectivity index (χ1n) is 4.81. The summed E-state index contributed by atoms with van der Waals surface area (Å²) < 4.78 is 0. The highest BCUT2D eigenvalue weighted by Gasteiger charge is 2.14. The minimum Gasteiger partial charge on any atom is -0.278 e. The highest BCUT2D eigenvalue weighted by Crippen LogP contribution is 2.13. The molecule has 0 heterocycles. The van der Waals surface area contributed by atoms with Crippen LogP contribution in [0.4, 0.5) is 0 Å². The number of hydrogen-bond donors (Lipinski definition) is 0. The van der Waals surface area contributed by atoms with E-state index in [0.29, 0.717) is 12.0 Å². The molecule has 0 aromatic carbocycles. The van der Waals surface area contributed by atoms with Gasteiger partial charge in [0.1, 0.15) is 11.6 Å². The van der Waals surface area contributed by atoms with Crippen molar-refractivity contribution in [2.45, 2.75) is 39.5 Å². The van der Waals surface area contributed by atoms with E-state index in [1.54, 1.807) is 13.0 Å². The van der Waals surface area contributed by atoms with Crippen LogP contribution in [0.2, 0.25) is 0 Å². The van der Waals surface area contributed by atoms with E-state index in [1.807, 2.05) is 5.34 Å². The van der Waals surface area contributed by atoms with Gasteiger partial charge in [0, 0.05) is 0 Å². The maximum atomic E-state index is 11.1. The zero-order valence-corrected chi connectivity index (χ0v) is 8.95. The zero-order chi connectivity index (χ0) is 11.7. The molecule has 0 amide bonds. The Morgan fingerprint density at radius 1 is 1.47 bits per heavy atom. The fourth-order valence-electron chi connectivity index (χ4n) is 1.16. The zero-order valence-electron chi connectivity index (χ0n) is 8.95. The van der Waals surface area contributed by atoms with Crippen molar-refractivity contribution in [2.24, 2.45) is 5.34 Å². The maximum absolute atomic E-state index is 11.1. The van der Waals surface area contributed by atoms with Crippen LogP contribution in [-0.2, 0) is 9.63 Å². The third-order valence-electron chi connectivity index (χ3n) is 2.02. The molecule has 0 aliphatic rings. The monoisotopic (exact) mass is 210 g/mol. The topological polar surface area (TPSA) is 79.5 Å². The van der Waals surface area contributed by atoms with Crippen LogP contribution in [0.1, 0.15) is 39.5 Å². The van der Waals surface area contributed by atoms with Gasteiger partial charge in [0.05, 0.1) is 0 Å². The lowest BCUT2D eigenvalue weighted by atomic mass is 10.0. The number of nitriles is 1. The van der Waals surface area contributed by atoms with Gasteiger partial charge in [-0.05, 0) is 25.3 Å². The molecule has 0 fully saturated rings. The molecule has 0 aliphatic heterocycles. The van der Waals surface area contributed by atoms with Crippen LogP contribution in [0.15, 0.2) is 16.5 Å². The van der Waals surface area contributed by atoms with Gasteiger partial charge in [-0.15, -0.1) is 4.91 Å². The normalized spacial score (nSPS) is 11.3. The third kappa shape index (κ3) is 4.91. The molecular formula is C10H14N2O3. The molecule has 0 N–H and O–H groups in total. The average molecular weight is 210 g/mol. The Kier molecular flexibility index (Phi) is 6.81. The predicted molar refractivity (Wildman–Crippen MR) is 54.3 cm³/mol. The minimum atomic E-state index is -0.971. The first-order chi connectivity index (χ1) is 7.17. The Labute approximate surface area is 88.7 Å². The molecule has 0 bridgehead atoms. The maximum Gasteiger partial charge on any atom is 0.379 e. The molecule has 5 heteroatoms. The smallest absolute Gasteiger partial charge is 0.278 e. The average Bonchev–Trinajstić information content (AvgIpc) is 2.19. The Bertz CT molecular complexity index is 302. The second-order valence-corrected chi connectivity index (χ2v) is 3.18. The van der Waals surface area contributed by atoms with E-state index in [4.69, 9.17) is 5.26 Å². The fourth-order valence-corrected chi connectivity index (χ4v) is 1.16. The van der Waals surface area contributed by atoms with Crippen LogP contribution >= 0.6 is 0 Å². The van der Waals surface area contributed by atoms with Gasteiger partial charge < -0.3 is 0 Å². The summed E-state index contributed by atoms with van der Waals surface area (Å²) >= 11 is 0. The SMILES string of the molecule is CCCCC/C(C)=C(/C#N)C(=O)ON=O. The molecule has 0 saturated heterocycles. The van der Waals surface area contributed by atoms with E-state index in [0.717, 1.165) is 19.3 Å². The molecule has 82 valence electrons. The van der Waals surface area contributed by atoms with Gasteiger partial charge in [-0.2, -0.15) is 5.26 Å². The van der Waals surface area contributed by atoms with Crippen molar-refractivity contribution in [1.82, 2.24) is 0 Å². The van der Waals surface area contributed by atoms with Crippen LogP contribution in [0.25, 0.3) is 0 Å². The predicted octanol–water partition coefficient (Wildman–Crippen LogP) is 2.63. The highest BCUT2D eigenvalue weighted by atomic mass is 16.7. The second kappa shape index (κ2) is 7.68. The van der Waals surface area contributed by atoms with Crippen LogP contribution in [0.5, 0.6) is 0 Å². The molecule has 0 radical (unpaired) electrons. The fraction of sp³-hybridized carbons (Fsp3) is 0.600. The molecular weight excluding hydrogens is 196 g/mol. The quantitative estimate of drug-likeness (QED) is 0.222. The van der Waals surface area contributed by atoms with Crippen LogP contribution in [0, 0.1) is 16.2 Å². The number of hydrogen-bond acceptors (Lipinski definition) is 5. The van der Waals surface area contributed by atoms with E-state index >= 15 is 0 Å². The number of carbonyl (C=O) groups is 1. The number of unbranched alkanes of at least 4 members (excludes halogenated alkanes) is 2. The van der Waals surface area contributed by atoms with Gasteiger partial charge in [0.15, 0.2) is 5.34 Å². The first kappa shape index (κ1) is 13.3.